The predicted molar refractivity (Wildman–Crippen MR) is 82.1 cm³/mol. The van der Waals surface area contributed by atoms with E-state index in [1.807, 2.05) is 0 Å². The third-order valence-corrected chi connectivity index (χ3v) is 3.97. The van der Waals surface area contributed by atoms with Crippen molar-refractivity contribution in [1.82, 2.24) is 0 Å². The average Bonchev–Trinajstić information content (AvgIpc) is 2.25. The van der Waals surface area contributed by atoms with E-state index in [4.69, 9.17) is 4.74 Å². The summed E-state index contributed by atoms with van der Waals surface area (Å²) in [6, 6.07) is 3.57. The molecule has 1 rings (SSSR count). The van der Waals surface area contributed by atoms with Crippen LogP contribution in [0.4, 0.5) is 23.7 Å². The largest absolute Gasteiger partial charge is 0.573 e. The second-order valence-electron chi connectivity index (χ2n) is 6.21. The Hall–Kier alpha value is -1.69. The van der Waals surface area contributed by atoms with Crippen molar-refractivity contribution >= 4 is 24.2 Å². The minimum atomic E-state index is -4.95. The number of benzene rings is 1. The highest BCUT2D eigenvalue weighted by atomic mass is 31.2. The van der Waals surface area contributed by atoms with Crippen molar-refractivity contribution in [1.29, 1.82) is 0 Å². The molecule has 23 heavy (non-hydrogen) atoms. The molecule has 0 aromatic heterocycles. The summed E-state index contributed by atoms with van der Waals surface area (Å²) in [7, 11) is -2.79. The van der Waals surface area contributed by atoms with Gasteiger partial charge in [-0.2, -0.15) is 0 Å². The van der Waals surface area contributed by atoms with Crippen LogP contribution in [0.2, 0.25) is 0 Å². The normalized spacial score (nSPS) is 12.7. The Balaban J connectivity index is 3.15. The Bertz CT molecular complexity index is 632. The Morgan fingerprint density at radius 3 is 2.17 bits per heavy atom. The van der Waals surface area contributed by atoms with Crippen molar-refractivity contribution in [3.8, 4) is 5.75 Å². The maximum Gasteiger partial charge on any atom is 0.573 e. The number of hydrogen-bond donors (Lipinski definition) is 1. The summed E-state index contributed by atoms with van der Waals surface area (Å²) >= 11 is 0. The van der Waals surface area contributed by atoms with E-state index in [2.05, 4.69) is 10.1 Å². The summed E-state index contributed by atoms with van der Waals surface area (Å²) in [5.41, 5.74) is -1.04. The van der Waals surface area contributed by atoms with E-state index in [1.165, 1.54) is 25.5 Å². The van der Waals surface area contributed by atoms with Crippen molar-refractivity contribution in [2.24, 2.45) is 0 Å². The van der Waals surface area contributed by atoms with Crippen LogP contribution in [0.25, 0.3) is 0 Å². The highest BCUT2D eigenvalue weighted by Gasteiger charge is 2.33. The summed E-state index contributed by atoms with van der Waals surface area (Å²) in [6.07, 6.45) is -5.87. The Kier molecular flexibility index (Phi) is 5.41. The van der Waals surface area contributed by atoms with Crippen LogP contribution in [0.3, 0.4) is 0 Å². The SMILES string of the molecule is CC(C)(C)OC(=O)Nc1ccc(P(C)(C)=O)cc1OC(F)(F)F. The van der Waals surface area contributed by atoms with Gasteiger partial charge in [0.15, 0.2) is 5.75 Å². The highest BCUT2D eigenvalue weighted by molar-refractivity contribution is 7.70. The first-order valence-corrected chi connectivity index (χ1v) is 9.23. The van der Waals surface area contributed by atoms with E-state index in [0.29, 0.717) is 0 Å². The molecule has 0 unspecified atom stereocenters. The molecular formula is C14H19F3NO4P. The number of ether oxygens (including phenoxy) is 2. The molecule has 0 aliphatic rings. The predicted octanol–water partition coefficient (Wildman–Crippen LogP) is 4.18. The lowest BCUT2D eigenvalue weighted by Gasteiger charge is -2.21. The molecule has 5 nitrogen and oxygen atoms in total. The van der Waals surface area contributed by atoms with Gasteiger partial charge in [-0.05, 0) is 52.3 Å². The number of halogens is 3. The third-order valence-electron chi connectivity index (χ3n) is 2.45. The molecular weight excluding hydrogens is 334 g/mol. The van der Waals surface area contributed by atoms with Crippen molar-refractivity contribution in [3.63, 3.8) is 0 Å². The summed E-state index contributed by atoms with van der Waals surface area (Å²) < 4.78 is 58.5. The molecule has 0 atom stereocenters. The smallest absolute Gasteiger partial charge is 0.444 e. The van der Waals surface area contributed by atoms with Crippen LogP contribution in [0.1, 0.15) is 20.8 Å². The number of nitrogens with one attached hydrogen (secondary N) is 1. The van der Waals surface area contributed by atoms with Crippen LogP contribution >= 0.6 is 7.14 Å². The number of amides is 1. The monoisotopic (exact) mass is 353 g/mol. The molecule has 0 bridgehead atoms. The van der Waals surface area contributed by atoms with Gasteiger partial charge in [-0.3, -0.25) is 5.32 Å². The molecule has 0 heterocycles. The molecule has 1 N–H and O–H groups in total. The molecule has 1 aromatic carbocycles. The van der Waals surface area contributed by atoms with Gasteiger partial charge in [-0.15, -0.1) is 13.2 Å². The first-order valence-electron chi connectivity index (χ1n) is 6.63. The van der Waals surface area contributed by atoms with Gasteiger partial charge in [-0.1, -0.05) is 0 Å². The van der Waals surface area contributed by atoms with E-state index in [0.717, 1.165) is 6.07 Å². The zero-order valence-electron chi connectivity index (χ0n) is 13.4. The Morgan fingerprint density at radius 1 is 1.17 bits per heavy atom. The standard InChI is InChI=1S/C14H19F3NO4P/c1-13(2,3)22-12(19)18-10-7-6-9(23(4,5)20)8-11(10)21-14(15,16)17/h6-8H,1-5H3,(H,18,19). The summed E-state index contributed by atoms with van der Waals surface area (Å²) in [5, 5.41) is 2.39. The first kappa shape index (κ1) is 19.4. The lowest BCUT2D eigenvalue weighted by Crippen LogP contribution is -2.28. The molecule has 9 heteroatoms. The fourth-order valence-electron chi connectivity index (χ4n) is 1.57. The number of anilines is 1. The van der Waals surface area contributed by atoms with Crippen molar-refractivity contribution in [3.05, 3.63) is 18.2 Å². The second-order valence-corrected chi connectivity index (χ2v) is 9.42. The van der Waals surface area contributed by atoms with Crippen LogP contribution < -0.4 is 15.4 Å². The lowest BCUT2D eigenvalue weighted by molar-refractivity contribution is -0.274. The minimum absolute atomic E-state index is 0.200. The van der Waals surface area contributed by atoms with Gasteiger partial charge in [0.2, 0.25) is 0 Å². The van der Waals surface area contributed by atoms with Gasteiger partial charge in [0.1, 0.15) is 12.7 Å². The number of carbonyl (C=O) groups excluding carboxylic acids is 1. The van der Waals surface area contributed by atoms with Gasteiger partial charge < -0.3 is 14.0 Å². The molecule has 0 aliphatic carbocycles. The van der Waals surface area contributed by atoms with E-state index in [-0.39, 0.29) is 11.0 Å². The number of alkyl halides is 3. The van der Waals surface area contributed by atoms with Crippen LogP contribution in [-0.2, 0) is 9.30 Å². The van der Waals surface area contributed by atoms with Gasteiger partial charge in [0, 0.05) is 5.30 Å². The zero-order chi connectivity index (χ0) is 18.1. The quantitative estimate of drug-likeness (QED) is 0.828. The molecule has 0 aliphatic heterocycles. The molecule has 1 amide bonds. The number of rotatable bonds is 3. The van der Waals surface area contributed by atoms with Crippen LogP contribution in [0.5, 0.6) is 5.75 Å². The fraction of sp³-hybridized carbons (Fsp3) is 0.500. The van der Waals surface area contributed by atoms with Crippen LogP contribution in [-0.4, -0.2) is 31.4 Å². The lowest BCUT2D eigenvalue weighted by atomic mass is 10.2. The summed E-state index contributed by atoms with van der Waals surface area (Å²) in [5.74, 6) is -0.648. The average molecular weight is 353 g/mol. The maximum atomic E-state index is 12.5. The van der Waals surface area contributed by atoms with Crippen LogP contribution in [0, 0.1) is 0 Å². The zero-order valence-corrected chi connectivity index (χ0v) is 14.3. The molecule has 130 valence electrons. The highest BCUT2D eigenvalue weighted by Crippen LogP contribution is 2.38. The van der Waals surface area contributed by atoms with E-state index in [1.54, 1.807) is 20.8 Å². The Morgan fingerprint density at radius 2 is 1.74 bits per heavy atom. The molecule has 0 saturated carbocycles. The number of carbonyl (C=O) groups is 1. The maximum absolute atomic E-state index is 12.5. The van der Waals surface area contributed by atoms with Gasteiger partial charge in [-0.25, -0.2) is 4.79 Å². The first-order chi connectivity index (χ1) is 10.2. The van der Waals surface area contributed by atoms with Gasteiger partial charge >= 0.3 is 12.5 Å². The van der Waals surface area contributed by atoms with Gasteiger partial charge in [0.25, 0.3) is 0 Å². The Labute approximate surface area is 132 Å². The van der Waals surface area contributed by atoms with Crippen LogP contribution in [0.15, 0.2) is 18.2 Å². The molecule has 0 saturated heterocycles. The topological polar surface area (TPSA) is 64.6 Å². The number of hydrogen-bond acceptors (Lipinski definition) is 4. The molecule has 0 fully saturated rings. The van der Waals surface area contributed by atoms with Crippen molar-refractivity contribution in [2.45, 2.75) is 32.7 Å². The molecule has 0 spiro atoms. The minimum Gasteiger partial charge on any atom is -0.444 e. The molecule has 0 radical (unpaired) electrons. The van der Waals surface area contributed by atoms with Gasteiger partial charge in [0.05, 0.1) is 5.69 Å². The molecule has 1 aromatic rings. The summed E-state index contributed by atoms with van der Waals surface area (Å²) in [6.45, 7) is 7.69. The van der Waals surface area contributed by atoms with E-state index in [9.17, 15) is 22.5 Å². The third kappa shape index (κ3) is 6.95. The summed E-state index contributed by atoms with van der Waals surface area (Å²) in [4.78, 5) is 11.7. The van der Waals surface area contributed by atoms with Crippen molar-refractivity contribution < 1.29 is 32.0 Å². The fourth-order valence-corrected chi connectivity index (χ4v) is 2.43. The second kappa shape index (κ2) is 6.43. The van der Waals surface area contributed by atoms with E-state index < -0.39 is 30.9 Å². The van der Waals surface area contributed by atoms with Crippen molar-refractivity contribution in [2.75, 3.05) is 18.6 Å². The van der Waals surface area contributed by atoms with E-state index >= 15 is 0 Å².